The van der Waals surface area contributed by atoms with Gasteiger partial charge >= 0.3 is 0 Å². The minimum Gasteiger partial charge on any atom is -0.494 e. The number of nitrogens with zero attached hydrogens (tertiary/aromatic N) is 1. The Balaban J connectivity index is 1.67. The van der Waals surface area contributed by atoms with Crippen LogP contribution in [-0.4, -0.2) is 12.5 Å². The highest BCUT2D eigenvalue weighted by atomic mass is 35.5. The van der Waals surface area contributed by atoms with E-state index in [0.29, 0.717) is 39.6 Å². The number of fused-ring (bicyclic) bond motifs is 2. The van der Waals surface area contributed by atoms with Gasteiger partial charge in [-0.15, -0.1) is 0 Å². The summed E-state index contributed by atoms with van der Waals surface area (Å²) in [5, 5.41) is 0.786. The highest BCUT2D eigenvalue weighted by Crippen LogP contribution is 2.42. The van der Waals surface area contributed by atoms with E-state index in [1.54, 1.807) is 23.1 Å². The topological polar surface area (TPSA) is 59.8 Å². The van der Waals surface area contributed by atoms with Crippen LogP contribution in [0.15, 0.2) is 82.0 Å². The van der Waals surface area contributed by atoms with Gasteiger partial charge in [0, 0.05) is 10.7 Å². The summed E-state index contributed by atoms with van der Waals surface area (Å²) in [6, 6.07) is 21.1. The van der Waals surface area contributed by atoms with E-state index in [1.807, 2.05) is 54.6 Å². The largest absolute Gasteiger partial charge is 0.494 e. The first-order valence-electron chi connectivity index (χ1n) is 11.5. The van der Waals surface area contributed by atoms with Crippen LogP contribution in [0.25, 0.3) is 11.0 Å². The number of benzene rings is 3. The average molecular weight is 474 g/mol. The second-order valence-corrected chi connectivity index (χ2v) is 8.79. The van der Waals surface area contributed by atoms with Crippen LogP contribution < -0.4 is 15.1 Å². The van der Waals surface area contributed by atoms with Crippen LogP contribution in [0.2, 0.25) is 5.02 Å². The molecule has 172 valence electrons. The molecule has 34 heavy (non-hydrogen) atoms. The number of anilines is 1. The fourth-order valence-corrected chi connectivity index (χ4v) is 4.60. The molecular formula is C28H24ClNO4. The first-order chi connectivity index (χ1) is 16.6. The Kier molecular flexibility index (Phi) is 6.12. The molecule has 0 N–H and O–H groups in total. The molecule has 3 aromatic carbocycles. The monoisotopic (exact) mass is 473 g/mol. The lowest BCUT2D eigenvalue weighted by atomic mass is 9.98. The summed E-state index contributed by atoms with van der Waals surface area (Å²) < 4.78 is 12.0. The van der Waals surface area contributed by atoms with Gasteiger partial charge in [0.1, 0.15) is 11.3 Å². The molecular weight excluding hydrogens is 450 g/mol. The lowest BCUT2D eigenvalue weighted by molar-refractivity contribution is 0.0971. The third-order valence-corrected chi connectivity index (χ3v) is 6.29. The zero-order chi connectivity index (χ0) is 23.7. The van der Waals surface area contributed by atoms with Crippen LogP contribution >= 0.6 is 11.6 Å². The summed E-state index contributed by atoms with van der Waals surface area (Å²) in [6.07, 6.45) is 3.19. The van der Waals surface area contributed by atoms with E-state index in [9.17, 15) is 9.59 Å². The smallest absolute Gasteiger partial charge is 0.295 e. The van der Waals surface area contributed by atoms with E-state index in [-0.39, 0.29) is 17.1 Å². The summed E-state index contributed by atoms with van der Waals surface area (Å²) in [6.45, 7) is 2.76. The molecule has 0 radical (unpaired) electrons. The lowest BCUT2D eigenvalue weighted by Gasteiger charge is -2.25. The Morgan fingerprint density at radius 1 is 0.971 bits per heavy atom. The SMILES string of the molecule is CCCCCOc1cccc(C2c3c(oc4ccc(Cl)cc4c3=O)C(=O)N2c2ccccc2)c1. The molecule has 0 aliphatic carbocycles. The molecule has 1 unspecified atom stereocenters. The molecule has 2 heterocycles. The Hall–Kier alpha value is -3.57. The number of halogens is 1. The second-order valence-electron chi connectivity index (χ2n) is 8.36. The number of rotatable bonds is 7. The highest BCUT2D eigenvalue weighted by molar-refractivity contribution is 6.31. The standard InChI is InChI=1S/C28H24ClNO4/c1-2-3-7-15-33-21-12-8-9-18(16-21)25-24-26(31)22-17-19(29)13-14-23(22)34-27(24)28(32)30(25)20-10-5-4-6-11-20/h4-6,8-14,16-17,25H,2-3,7,15H2,1H3. The Morgan fingerprint density at radius 3 is 2.59 bits per heavy atom. The second kappa shape index (κ2) is 9.35. The van der Waals surface area contributed by atoms with Gasteiger partial charge in [0.15, 0.2) is 5.43 Å². The first kappa shape index (κ1) is 22.2. The van der Waals surface area contributed by atoms with Crippen LogP contribution in [0, 0.1) is 0 Å². The van der Waals surface area contributed by atoms with Crippen molar-refractivity contribution in [2.45, 2.75) is 32.2 Å². The molecule has 5 rings (SSSR count). The maximum absolute atomic E-state index is 13.7. The predicted octanol–water partition coefficient (Wildman–Crippen LogP) is 6.77. The summed E-state index contributed by atoms with van der Waals surface area (Å²) >= 11 is 6.17. The number of hydrogen-bond donors (Lipinski definition) is 0. The number of amides is 1. The molecule has 5 nitrogen and oxygen atoms in total. The molecule has 0 fully saturated rings. The van der Waals surface area contributed by atoms with Gasteiger partial charge in [0.2, 0.25) is 5.76 Å². The van der Waals surface area contributed by atoms with Crippen molar-refractivity contribution in [3.05, 3.63) is 105 Å². The zero-order valence-corrected chi connectivity index (χ0v) is 19.5. The van der Waals surface area contributed by atoms with Gasteiger partial charge in [0.25, 0.3) is 5.91 Å². The molecule has 0 saturated heterocycles. The molecule has 0 bridgehead atoms. The third kappa shape index (κ3) is 3.97. The fraction of sp³-hybridized carbons (Fsp3) is 0.214. The van der Waals surface area contributed by atoms with Crippen LogP contribution in [0.1, 0.15) is 53.9 Å². The molecule has 1 aliphatic rings. The number of carbonyl (C=O) groups is 1. The number of hydrogen-bond acceptors (Lipinski definition) is 4. The Bertz CT molecular complexity index is 1410. The van der Waals surface area contributed by atoms with Crippen LogP contribution in [0.5, 0.6) is 5.75 Å². The quantitative estimate of drug-likeness (QED) is 0.278. The van der Waals surface area contributed by atoms with Crippen molar-refractivity contribution in [1.82, 2.24) is 0 Å². The van der Waals surface area contributed by atoms with Crippen LogP contribution in [0.4, 0.5) is 5.69 Å². The number of ether oxygens (including phenoxy) is 1. The summed E-state index contributed by atoms with van der Waals surface area (Å²) in [4.78, 5) is 28.9. The normalized spacial score (nSPS) is 15.1. The van der Waals surface area contributed by atoms with Gasteiger partial charge in [0.05, 0.1) is 23.6 Å². The van der Waals surface area contributed by atoms with Crippen molar-refractivity contribution in [2.24, 2.45) is 0 Å². The Morgan fingerprint density at radius 2 is 1.79 bits per heavy atom. The van der Waals surface area contributed by atoms with E-state index in [0.717, 1.165) is 24.8 Å². The molecule has 0 spiro atoms. The van der Waals surface area contributed by atoms with E-state index >= 15 is 0 Å². The van der Waals surface area contributed by atoms with Gasteiger partial charge in [-0.05, 0) is 54.4 Å². The van der Waals surface area contributed by atoms with E-state index in [1.165, 1.54) is 0 Å². The molecule has 6 heteroatoms. The van der Waals surface area contributed by atoms with Gasteiger partial charge in [-0.3, -0.25) is 14.5 Å². The van der Waals surface area contributed by atoms with Crippen LogP contribution in [0.3, 0.4) is 0 Å². The van der Waals surface area contributed by atoms with Gasteiger partial charge in [-0.25, -0.2) is 0 Å². The maximum atomic E-state index is 13.7. The molecule has 4 aromatic rings. The summed E-state index contributed by atoms with van der Waals surface area (Å²) in [5.41, 5.74) is 1.84. The molecule has 1 amide bonds. The van der Waals surface area contributed by atoms with E-state index in [2.05, 4.69) is 6.92 Å². The van der Waals surface area contributed by atoms with Gasteiger partial charge < -0.3 is 9.15 Å². The van der Waals surface area contributed by atoms with Crippen molar-refractivity contribution < 1.29 is 13.9 Å². The molecule has 1 atom stereocenters. The molecule has 1 aromatic heterocycles. The average Bonchev–Trinajstić information content (AvgIpc) is 3.15. The van der Waals surface area contributed by atoms with E-state index < -0.39 is 6.04 Å². The van der Waals surface area contributed by atoms with Crippen molar-refractivity contribution in [3.63, 3.8) is 0 Å². The summed E-state index contributed by atoms with van der Waals surface area (Å²) in [7, 11) is 0. The minimum atomic E-state index is -0.649. The maximum Gasteiger partial charge on any atom is 0.295 e. The van der Waals surface area contributed by atoms with Gasteiger partial charge in [-0.2, -0.15) is 0 Å². The van der Waals surface area contributed by atoms with E-state index in [4.69, 9.17) is 20.8 Å². The zero-order valence-electron chi connectivity index (χ0n) is 18.8. The van der Waals surface area contributed by atoms with Crippen molar-refractivity contribution in [3.8, 4) is 5.75 Å². The highest BCUT2D eigenvalue weighted by Gasteiger charge is 2.43. The van der Waals surface area contributed by atoms with Crippen molar-refractivity contribution in [1.29, 1.82) is 0 Å². The van der Waals surface area contributed by atoms with Crippen molar-refractivity contribution in [2.75, 3.05) is 11.5 Å². The fourth-order valence-electron chi connectivity index (χ4n) is 4.43. The molecule has 0 saturated carbocycles. The Labute approximate surface area is 202 Å². The minimum absolute atomic E-state index is 0.0583. The van der Waals surface area contributed by atoms with Crippen LogP contribution in [-0.2, 0) is 0 Å². The predicted molar refractivity (Wildman–Crippen MR) is 134 cm³/mol. The first-order valence-corrected chi connectivity index (χ1v) is 11.8. The molecule has 1 aliphatic heterocycles. The lowest BCUT2D eigenvalue weighted by Crippen LogP contribution is -2.29. The number of para-hydroxylation sites is 1. The number of unbranched alkanes of at least 4 members (excludes halogenated alkanes) is 2. The third-order valence-electron chi connectivity index (χ3n) is 6.06. The van der Waals surface area contributed by atoms with Crippen molar-refractivity contribution >= 4 is 34.2 Å². The summed E-state index contributed by atoms with van der Waals surface area (Å²) in [5.74, 6) is 0.410. The number of carbonyl (C=O) groups excluding carboxylic acids is 1. The van der Waals surface area contributed by atoms with Gasteiger partial charge in [-0.1, -0.05) is 61.7 Å².